The zero-order chi connectivity index (χ0) is 15.3. The van der Waals surface area contributed by atoms with Crippen molar-refractivity contribution in [3.8, 4) is 0 Å². The first kappa shape index (κ1) is 16.2. The molecule has 6 heteroatoms. The Morgan fingerprint density at radius 2 is 2.19 bits per heavy atom. The number of rotatable bonds is 6. The van der Waals surface area contributed by atoms with E-state index in [9.17, 15) is 8.42 Å². The van der Waals surface area contributed by atoms with Crippen LogP contribution in [0.3, 0.4) is 0 Å². The van der Waals surface area contributed by atoms with Crippen LogP contribution < -0.4 is 5.32 Å². The summed E-state index contributed by atoms with van der Waals surface area (Å²) in [5.41, 5.74) is 0. The number of hydrogen-bond donors (Lipinski definition) is 1. The van der Waals surface area contributed by atoms with Crippen LogP contribution in [-0.4, -0.2) is 36.8 Å². The third-order valence-corrected chi connectivity index (χ3v) is 5.84. The van der Waals surface area contributed by atoms with Crippen molar-refractivity contribution in [3.05, 3.63) is 18.3 Å². The lowest BCUT2D eigenvalue weighted by Crippen LogP contribution is -2.43. The van der Waals surface area contributed by atoms with Crippen molar-refractivity contribution < 1.29 is 8.42 Å². The molecule has 0 radical (unpaired) electrons. The van der Waals surface area contributed by atoms with Crippen LogP contribution in [0.4, 0.5) is 5.82 Å². The van der Waals surface area contributed by atoms with Gasteiger partial charge < -0.3 is 5.32 Å². The Bertz CT molecular complexity index is 558. The smallest absolute Gasteiger partial charge is 0.243 e. The topological polar surface area (TPSA) is 62.3 Å². The molecule has 0 saturated carbocycles. The molecule has 21 heavy (non-hydrogen) atoms. The van der Waals surface area contributed by atoms with Gasteiger partial charge in [0, 0.05) is 31.4 Å². The largest absolute Gasteiger partial charge is 0.370 e. The molecule has 0 aliphatic carbocycles. The molecule has 5 nitrogen and oxygen atoms in total. The summed E-state index contributed by atoms with van der Waals surface area (Å²) >= 11 is 0. The summed E-state index contributed by atoms with van der Waals surface area (Å²) in [6.07, 6.45) is 6.54. The van der Waals surface area contributed by atoms with E-state index in [1.165, 1.54) is 0 Å². The predicted molar refractivity (Wildman–Crippen MR) is 84.8 cm³/mol. The van der Waals surface area contributed by atoms with Gasteiger partial charge in [-0.2, -0.15) is 4.31 Å². The Hall–Kier alpha value is -1.14. The molecular weight excluding hydrogens is 286 g/mol. The highest BCUT2D eigenvalue weighted by Gasteiger charge is 2.33. The summed E-state index contributed by atoms with van der Waals surface area (Å²) in [6, 6.07) is 3.37. The van der Waals surface area contributed by atoms with E-state index in [-0.39, 0.29) is 6.04 Å². The maximum Gasteiger partial charge on any atom is 0.243 e. The van der Waals surface area contributed by atoms with Gasteiger partial charge in [0.2, 0.25) is 10.0 Å². The second-order valence-electron chi connectivity index (χ2n) is 5.46. The Morgan fingerprint density at radius 3 is 2.90 bits per heavy atom. The lowest BCUT2D eigenvalue weighted by molar-refractivity contribution is 0.239. The molecule has 1 fully saturated rings. The lowest BCUT2D eigenvalue weighted by Gasteiger charge is -2.34. The number of sulfonamides is 1. The van der Waals surface area contributed by atoms with E-state index in [2.05, 4.69) is 17.2 Å². The maximum absolute atomic E-state index is 12.9. The SMILES string of the molecule is CCCC1CCCCN1S(=O)(=O)c1ccnc(NCC)c1. The van der Waals surface area contributed by atoms with Crippen molar-refractivity contribution in [1.82, 2.24) is 9.29 Å². The Balaban J connectivity index is 2.29. The van der Waals surface area contributed by atoms with E-state index in [1.54, 1.807) is 22.6 Å². The fraction of sp³-hybridized carbons (Fsp3) is 0.667. The van der Waals surface area contributed by atoms with Crippen molar-refractivity contribution in [2.24, 2.45) is 0 Å². The third-order valence-electron chi connectivity index (χ3n) is 3.89. The van der Waals surface area contributed by atoms with E-state index < -0.39 is 10.0 Å². The van der Waals surface area contributed by atoms with Crippen LogP contribution >= 0.6 is 0 Å². The van der Waals surface area contributed by atoms with Crippen molar-refractivity contribution in [2.75, 3.05) is 18.4 Å². The molecule has 0 spiro atoms. The number of pyridine rings is 1. The van der Waals surface area contributed by atoms with E-state index in [0.29, 0.717) is 17.3 Å². The van der Waals surface area contributed by atoms with Gasteiger partial charge in [-0.3, -0.25) is 0 Å². The molecular formula is C15H25N3O2S. The fourth-order valence-corrected chi connectivity index (χ4v) is 4.63. The molecule has 1 aliphatic heterocycles. The highest BCUT2D eigenvalue weighted by atomic mass is 32.2. The van der Waals surface area contributed by atoms with Crippen molar-refractivity contribution in [1.29, 1.82) is 0 Å². The van der Waals surface area contributed by atoms with E-state index in [0.717, 1.165) is 38.6 Å². The third kappa shape index (κ3) is 3.74. The van der Waals surface area contributed by atoms with Crippen molar-refractivity contribution in [3.63, 3.8) is 0 Å². The Labute approximate surface area is 127 Å². The summed E-state index contributed by atoms with van der Waals surface area (Å²) < 4.78 is 27.5. The van der Waals surface area contributed by atoms with Gasteiger partial charge in [0.1, 0.15) is 5.82 Å². The number of nitrogens with zero attached hydrogens (tertiary/aromatic N) is 2. The number of nitrogens with one attached hydrogen (secondary N) is 1. The minimum atomic E-state index is -3.42. The molecule has 2 rings (SSSR count). The summed E-state index contributed by atoms with van der Waals surface area (Å²) in [5.74, 6) is 0.614. The molecule has 1 atom stereocenters. The zero-order valence-electron chi connectivity index (χ0n) is 12.9. The van der Waals surface area contributed by atoms with E-state index in [1.807, 2.05) is 6.92 Å². The molecule has 118 valence electrons. The zero-order valence-corrected chi connectivity index (χ0v) is 13.7. The van der Waals surface area contributed by atoms with Gasteiger partial charge in [0.25, 0.3) is 0 Å². The van der Waals surface area contributed by atoms with Crippen LogP contribution in [0.1, 0.15) is 46.0 Å². The highest BCUT2D eigenvalue weighted by Crippen LogP contribution is 2.28. The molecule has 0 amide bonds. The molecule has 1 aromatic heterocycles. The van der Waals surface area contributed by atoms with Crippen LogP contribution in [0.15, 0.2) is 23.2 Å². The lowest BCUT2D eigenvalue weighted by atomic mass is 10.0. The molecule has 1 aliphatic rings. The minimum absolute atomic E-state index is 0.143. The second-order valence-corrected chi connectivity index (χ2v) is 7.35. The quantitative estimate of drug-likeness (QED) is 0.877. The average molecular weight is 311 g/mol. The summed E-state index contributed by atoms with van der Waals surface area (Å²) in [7, 11) is -3.42. The van der Waals surface area contributed by atoms with Crippen LogP contribution in [0, 0.1) is 0 Å². The van der Waals surface area contributed by atoms with Crippen LogP contribution in [-0.2, 0) is 10.0 Å². The first-order chi connectivity index (χ1) is 10.1. The van der Waals surface area contributed by atoms with Gasteiger partial charge in [0.05, 0.1) is 4.90 Å². The van der Waals surface area contributed by atoms with Gasteiger partial charge in [-0.05, 0) is 32.3 Å². The Morgan fingerprint density at radius 1 is 1.38 bits per heavy atom. The number of aromatic nitrogens is 1. The number of piperidine rings is 1. The van der Waals surface area contributed by atoms with Crippen LogP contribution in [0.25, 0.3) is 0 Å². The molecule has 0 bridgehead atoms. The Kier molecular flexibility index (Phi) is 5.58. The first-order valence-corrected chi connectivity index (χ1v) is 9.25. The fourth-order valence-electron chi connectivity index (χ4n) is 2.90. The van der Waals surface area contributed by atoms with Crippen molar-refractivity contribution in [2.45, 2.75) is 56.9 Å². The average Bonchev–Trinajstić information content (AvgIpc) is 2.49. The minimum Gasteiger partial charge on any atom is -0.370 e. The highest BCUT2D eigenvalue weighted by molar-refractivity contribution is 7.89. The first-order valence-electron chi connectivity index (χ1n) is 7.81. The molecule has 1 aromatic rings. The molecule has 1 saturated heterocycles. The van der Waals surface area contributed by atoms with Crippen molar-refractivity contribution >= 4 is 15.8 Å². The normalized spacial score (nSPS) is 20.4. The monoisotopic (exact) mass is 311 g/mol. The van der Waals surface area contributed by atoms with Gasteiger partial charge in [0.15, 0.2) is 0 Å². The predicted octanol–water partition coefficient (Wildman–Crippen LogP) is 2.86. The van der Waals surface area contributed by atoms with Gasteiger partial charge in [-0.15, -0.1) is 0 Å². The number of hydrogen-bond acceptors (Lipinski definition) is 4. The summed E-state index contributed by atoms with van der Waals surface area (Å²) in [6.45, 7) is 5.42. The molecule has 2 heterocycles. The summed E-state index contributed by atoms with van der Waals surface area (Å²) in [5, 5.41) is 3.07. The van der Waals surface area contributed by atoms with Crippen LogP contribution in [0.2, 0.25) is 0 Å². The van der Waals surface area contributed by atoms with Crippen LogP contribution in [0.5, 0.6) is 0 Å². The maximum atomic E-state index is 12.9. The van der Waals surface area contributed by atoms with Gasteiger partial charge in [-0.25, -0.2) is 13.4 Å². The molecule has 1 N–H and O–H groups in total. The van der Waals surface area contributed by atoms with E-state index in [4.69, 9.17) is 0 Å². The van der Waals surface area contributed by atoms with Gasteiger partial charge in [-0.1, -0.05) is 19.8 Å². The van der Waals surface area contributed by atoms with Gasteiger partial charge >= 0.3 is 0 Å². The standard InChI is InChI=1S/C15H25N3O2S/c1-3-7-13-8-5-6-11-18(13)21(19,20)14-9-10-17-15(12-14)16-4-2/h9-10,12-13H,3-8,11H2,1-2H3,(H,16,17). The van der Waals surface area contributed by atoms with E-state index >= 15 is 0 Å². The molecule has 1 unspecified atom stereocenters. The second kappa shape index (κ2) is 7.22. The number of anilines is 1. The molecule has 0 aromatic carbocycles. The summed E-state index contributed by atoms with van der Waals surface area (Å²) in [4.78, 5) is 4.49.